The number of hydrogen-bond donors (Lipinski definition) is 2. The molecule has 3 saturated heterocycles. The number of methoxy groups -OCH3 is 1. The molecule has 0 aromatic rings. The molecule has 0 radical (unpaired) electrons. The molecule has 3 heterocycles. The molecular formula is C26H35ClO11. The van der Waals surface area contributed by atoms with Gasteiger partial charge in [-0.05, 0) is 26.2 Å². The molecule has 0 spiro atoms. The fraction of sp³-hybridized carbons (Fsp3) is 0.692. The minimum absolute atomic E-state index is 0.116. The summed E-state index contributed by atoms with van der Waals surface area (Å²) in [6.07, 6.45) is -4.71. The van der Waals surface area contributed by atoms with E-state index < -0.39 is 84.4 Å². The Morgan fingerprint density at radius 3 is 2.53 bits per heavy atom. The van der Waals surface area contributed by atoms with E-state index in [9.17, 15) is 29.4 Å². The lowest BCUT2D eigenvalue weighted by molar-refractivity contribution is -0.190. The van der Waals surface area contributed by atoms with E-state index in [1.165, 1.54) is 13.0 Å². The van der Waals surface area contributed by atoms with Crippen molar-refractivity contribution < 1.29 is 53.1 Å². The Bertz CT molecular complexity index is 994. The number of alkyl halides is 1. The van der Waals surface area contributed by atoms with Gasteiger partial charge in [-0.1, -0.05) is 26.5 Å². The minimum Gasteiger partial charge on any atom is -0.469 e. The molecular weight excluding hydrogens is 524 g/mol. The van der Waals surface area contributed by atoms with Crippen LogP contribution in [0.4, 0.5) is 0 Å². The van der Waals surface area contributed by atoms with Crippen molar-refractivity contribution in [2.24, 2.45) is 17.8 Å². The normalized spacial score (nSPS) is 35.8. The average molecular weight is 559 g/mol. The minimum atomic E-state index is -1.55. The van der Waals surface area contributed by atoms with Crippen LogP contribution in [-0.4, -0.2) is 89.8 Å². The highest BCUT2D eigenvalue weighted by Gasteiger charge is 2.63. The van der Waals surface area contributed by atoms with Crippen molar-refractivity contribution in [2.75, 3.05) is 19.6 Å². The maximum Gasteiger partial charge on any atom is 0.336 e. The summed E-state index contributed by atoms with van der Waals surface area (Å²) < 4.78 is 28.4. The Morgan fingerprint density at radius 1 is 1.29 bits per heavy atom. The molecule has 0 aliphatic carbocycles. The predicted molar refractivity (Wildman–Crippen MR) is 132 cm³/mol. The topological polar surface area (TPSA) is 155 Å². The van der Waals surface area contributed by atoms with Gasteiger partial charge in [-0.3, -0.25) is 9.59 Å². The molecule has 9 atom stereocenters. The fourth-order valence-corrected chi connectivity index (χ4v) is 5.57. The molecule has 2 N–H and O–H groups in total. The van der Waals surface area contributed by atoms with E-state index in [2.05, 4.69) is 6.58 Å². The Hall–Kier alpha value is -2.47. The van der Waals surface area contributed by atoms with Gasteiger partial charge in [0, 0.05) is 5.57 Å². The highest BCUT2D eigenvalue weighted by molar-refractivity contribution is 6.18. The second-order valence-electron chi connectivity index (χ2n) is 9.86. The maximum absolute atomic E-state index is 13.3. The van der Waals surface area contributed by atoms with Gasteiger partial charge >= 0.3 is 23.9 Å². The van der Waals surface area contributed by atoms with Crippen LogP contribution < -0.4 is 0 Å². The smallest absolute Gasteiger partial charge is 0.336 e. The number of allylic oxidation sites excluding steroid dienone is 1. The Balaban J connectivity index is 2.26. The molecule has 212 valence electrons. The van der Waals surface area contributed by atoms with Crippen LogP contribution >= 0.6 is 11.6 Å². The van der Waals surface area contributed by atoms with Gasteiger partial charge in [0.15, 0.2) is 12.2 Å². The van der Waals surface area contributed by atoms with Crippen molar-refractivity contribution >= 4 is 35.5 Å². The first-order chi connectivity index (χ1) is 18.0. The van der Waals surface area contributed by atoms with E-state index >= 15 is 0 Å². The molecule has 3 aliphatic heterocycles. The number of fused-ring (bicyclic) bond motifs is 3. The lowest BCUT2D eigenvalue weighted by Crippen LogP contribution is -2.55. The number of aliphatic hydroxyl groups is 2. The molecule has 2 bridgehead atoms. The van der Waals surface area contributed by atoms with Crippen molar-refractivity contribution in [2.45, 2.75) is 76.2 Å². The number of halogens is 1. The standard InChI is InChI=1S/C26H35ClO11/c1-6-12(3)22(30)35-19-17(25(33)34-5)15-8-9-26(11-27,38-15)21(29)20-16(13(4)23(31)37-20)18(19)36-24(32)14(7-2)10-28/h7,12,15-21,28-29H,4,6,8-11H2,1-3,5H3. The fourth-order valence-electron chi connectivity index (χ4n) is 5.22. The van der Waals surface area contributed by atoms with Crippen molar-refractivity contribution in [3.05, 3.63) is 23.8 Å². The summed E-state index contributed by atoms with van der Waals surface area (Å²) >= 11 is 6.27. The van der Waals surface area contributed by atoms with Crippen LogP contribution in [0.2, 0.25) is 0 Å². The van der Waals surface area contributed by atoms with Crippen LogP contribution in [0.3, 0.4) is 0 Å². The Morgan fingerprint density at radius 2 is 1.97 bits per heavy atom. The Kier molecular flexibility index (Phi) is 9.62. The first-order valence-corrected chi connectivity index (χ1v) is 13.1. The van der Waals surface area contributed by atoms with E-state index in [1.807, 2.05) is 0 Å². The molecule has 0 aromatic heterocycles. The number of esters is 4. The van der Waals surface area contributed by atoms with Crippen LogP contribution in [-0.2, 0) is 42.9 Å². The molecule has 3 aliphatic rings. The van der Waals surface area contributed by atoms with Gasteiger partial charge in [-0.2, -0.15) is 0 Å². The first kappa shape index (κ1) is 30.1. The van der Waals surface area contributed by atoms with Crippen LogP contribution in [0, 0.1) is 17.8 Å². The maximum atomic E-state index is 13.3. The van der Waals surface area contributed by atoms with Crippen LogP contribution in [0.5, 0.6) is 0 Å². The zero-order valence-corrected chi connectivity index (χ0v) is 22.6. The third-order valence-electron chi connectivity index (χ3n) is 7.77. The summed E-state index contributed by atoms with van der Waals surface area (Å²) in [4.78, 5) is 52.2. The third kappa shape index (κ3) is 5.34. The summed E-state index contributed by atoms with van der Waals surface area (Å²) in [6, 6.07) is 0. The van der Waals surface area contributed by atoms with Gasteiger partial charge in [-0.25, -0.2) is 9.59 Å². The number of hydrogen-bond acceptors (Lipinski definition) is 11. The molecule has 3 rings (SSSR count). The number of carbonyl (C=O) groups excluding carboxylic acids is 4. The average Bonchev–Trinajstić information content (AvgIpc) is 3.48. The number of ether oxygens (including phenoxy) is 5. The monoisotopic (exact) mass is 558 g/mol. The number of rotatable bonds is 8. The highest BCUT2D eigenvalue weighted by Crippen LogP contribution is 2.48. The SMILES string of the molecule is C=C1C(=O)OC2C1C(OC(=O)C(=CC)CO)C(OC(=O)C(C)CC)C(C(=O)OC)C1CCC(CCl)(O1)C2O. The van der Waals surface area contributed by atoms with Crippen LogP contribution in [0.1, 0.15) is 40.0 Å². The molecule has 11 nitrogen and oxygen atoms in total. The van der Waals surface area contributed by atoms with Crippen LogP contribution in [0.25, 0.3) is 0 Å². The molecule has 0 saturated carbocycles. The number of carbonyl (C=O) groups is 4. The van der Waals surface area contributed by atoms with E-state index in [1.54, 1.807) is 13.8 Å². The predicted octanol–water partition coefficient (Wildman–Crippen LogP) is 1.21. The molecule has 0 amide bonds. The van der Waals surface area contributed by atoms with Gasteiger partial charge in [0.25, 0.3) is 0 Å². The van der Waals surface area contributed by atoms with Crippen LogP contribution in [0.15, 0.2) is 23.8 Å². The summed E-state index contributed by atoms with van der Waals surface area (Å²) in [7, 11) is 1.15. The van der Waals surface area contributed by atoms with Gasteiger partial charge in [0.05, 0.1) is 43.1 Å². The molecule has 12 heteroatoms. The molecule has 3 fully saturated rings. The van der Waals surface area contributed by atoms with E-state index in [4.69, 9.17) is 35.3 Å². The lowest BCUT2D eigenvalue weighted by atomic mass is 9.76. The van der Waals surface area contributed by atoms with E-state index in [0.29, 0.717) is 6.42 Å². The van der Waals surface area contributed by atoms with Crippen molar-refractivity contribution in [1.29, 1.82) is 0 Å². The zero-order chi connectivity index (χ0) is 28.4. The largest absolute Gasteiger partial charge is 0.469 e. The van der Waals surface area contributed by atoms with E-state index in [-0.39, 0.29) is 29.9 Å². The summed E-state index contributed by atoms with van der Waals surface area (Å²) in [5.74, 6) is -6.72. The molecule has 9 unspecified atom stereocenters. The van der Waals surface area contributed by atoms with Gasteiger partial charge in [-0.15, -0.1) is 11.6 Å². The summed E-state index contributed by atoms with van der Waals surface area (Å²) in [5.41, 5.74) is -1.70. The third-order valence-corrected chi connectivity index (χ3v) is 8.23. The van der Waals surface area contributed by atoms with Gasteiger partial charge < -0.3 is 33.9 Å². The molecule has 38 heavy (non-hydrogen) atoms. The van der Waals surface area contributed by atoms with Crippen molar-refractivity contribution in [3.8, 4) is 0 Å². The van der Waals surface area contributed by atoms with Gasteiger partial charge in [0.1, 0.15) is 23.7 Å². The van der Waals surface area contributed by atoms with Crippen molar-refractivity contribution in [3.63, 3.8) is 0 Å². The quantitative estimate of drug-likeness (QED) is 0.191. The van der Waals surface area contributed by atoms with Gasteiger partial charge in [0.2, 0.25) is 0 Å². The summed E-state index contributed by atoms with van der Waals surface area (Å²) in [6.45, 7) is 8.05. The lowest BCUT2D eigenvalue weighted by Gasteiger charge is -2.38. The summed E-state index contributed by atoms with van der Waals surface area (Å²) in [5, 5.41) is 21.1. The molecule has 0 aromatic carbocycles. The second kappa shape index (κ2) is 12.1. The number of aliphatic hydroxyl groups excluding tert-OH is 2. The highest BCUT2D eigenvalue weighted by atomic mass is 35.5. The first-order valence-electron chi connectivity index (χ1n) is 12.6. The Labute approximate surface area is 226 Å². The zero-order valence-electron chi connectivity index (χ0n) is 21.9. The second-order valence-corrected chi connectivity index (χ2v) is 10.1. The van der Waals surface area contributed by atoms with Crippen molar-refractivity contribution in [1.82, 2.24) is 0 Å². The van der Waals surface area contributed by atoms with E-state index in [0.717, 1.165) is 7.11 Å².